The molecule has 0 radical (unpaired) electrons. The molecule has 0 aliphatic carbocycles. The third-order valence-electron chi connectivity index (χ3n) is 3.56. The highest BCUT2D eigenvalue weighted by Gasteiger charge is 2.19. The Bertz CT molecular complexity index is 986. The lowest BCUT2D eigenvalue weighted by molar-refractivity contribution is -0.119. The molecule has 3 aromatic rings. The number of halogens is 2. The van der Waals surface area contributed by atoms with E-state index in [4.69, 9.17) is 23.2 Å². The topological polar surface area (TPSA) is 72.7 Å². The van der Waals surface area contributed by atoms with Crippen LogP contribution >= 0.6 is 35.0 Å². The molecule has 9 heteroatoms. The second kappa shape index (κ2) is 8.51. The fourth-order valence-electron chi connectivity index (χ4n) is 2.49. The summed E-state index contributed by atoms with van der Waals surface area (Å²) < 4.78 is 1.84. The predicted octanol–water partition coefficient (Wildman–Crippen LogP) is 4.64. The van der Waals surface area contributed by atoms with Gasteiger partial charge in [0.2, 0.25) is 5.91 Å². The molecule has 0 atom stereocenters. The Morgan fingerprint density at radius 3 is 2.61 bits per heavy atom. The van der Waals surface area contributed by atoms with Crippen LogP contribution in [0.2, 0.25) is 10.0 Å². The molecular formula is C19H19Cl2N5OS. The quantitative estimate of drug-likeness (QED) is 0.590. The van der Waals surface area contributed by atoms with Crippen molar-refractivity contribution < 1.29 is 4.79 Å². The minimum absolute atomic E-state index is 0.0795. The van der Waals surface area contributed by atoms with Gasteiger partial charge >= 0.3 is 0 Å². The zero-order valence-corrected chi connectivity index (χ0v) is 17.9. The average Bonchev–Trinajstić information content (AvgIpc) is 3.05. The van der Waals surface area contributed by atoms with Crippen molar-refractivity contribution in [3.63, 3.8) is 0 Å². The zero-order valence-electron chi connectivity index (χ0n) is 15.6. The third kappa shape index (κ3) is 5.04. The van der Waals surface area contributed by atoms with Gasteiger partial charge in [-0.3, -0.25) is 14.3 Å². The van der Waals surface area contributed by atoms with Crippen molar-refractivity contribution in [2.24, 2.45) is 0 Å². The van der Waals surface area contributed by atoms with Gasteiger partial charge in [-0.15, -0.1) is 10.2 Å². The summed E-state index contributed by atoms with van der Waals surface area (Å²) >= 11 is 13.6. The smallest absolute Gasteiger partial charge is 0.230 e. The first-order valence-electron chi connectivity index (χ1n) is 8.49. The molecule has 1 amide bonds. The Morgan fingerprint density at radius 2 is 1.96 bits per heavy atom. The molecule has 0 aliphatic rings. The van der Waals surface area contributed by atoms with Crippen LogP contribution in [0.25, 0.3) is 17.1 Å². The number of pyridine rings is 1. The van der Waals surface area contributed by atoms with Gasteiger partial charge in [0.25, 0.3) is 0 Å². The molecule has 6 nitrogen and oxygen atoms in total. The van der Waals surface area contributed by atoms with Gasteiger partial charge in [0.15, 0.2) is 11.0 Å². The van der Waals surface area contributed by atoms with E-state index in [9.17, 15) is 4.79 Å². The molecule has 3 rings (SSSR count). The number of thioether (sulfide) groups is 1. The number of carbonyl (C=O) groups excluding carboxylic acids is 1. The van der Waals surface area contributed by atoms with E-state index in [0.29, 0.717) is 21.0 Å². The van der Waals surface area contributed by atoms with Gasteiger partial charge in [0.1, 0.15) is 0 Å². The number of nitrogens with one attached hydrogen (secondary N) is 1. The maximum Gasteiger partial charge on any atom is 0.230 e. The first-order chi connectivity index (χ1) is 13.2. The Hall–Kier alpha value is -2.09. The second-order valence-corrected chi connectivity index (χ2v) is 8.83. The van der Waals surface area contributed by atoms with Crippen molar-refractivity contribution in [1.82, 2.24) is 25.1 Å². The fraction of sp³-hybridized carbons (Fsp3) is 0.263. The molecule has 0 aliphatic heterocycles. The van der Waals surface area contributed by atoms with Gasteiger partial charge in [0.05, 0.1) is 21.5 Å². The first-order valence-corrected chi connectivity index (χ1v) is 10.2. The molecule has 0 spiro atoms. The highest BCUT2D eigenvalue weighted by molar-refractivity contribution is 7.99. The maximum absolute atomic E-state index is 12.2. The van der Waals surface area contributed by atoms with Crippen molar-refractivity contribution in [3.05, 3.63) is 52.8 Å². The average molecular weight is 436 g/mol. The van der Waals surface area contributed by atoms with Crippen molar-refractivity contribution in [1.29, 1.82) is 0 Å². The molecule has 146 valence electrons. The number of nitrogens with zero attached hydrogens (tertiary/aromatic N) is 4. The first kappa shape index (κ1) is 20.6. The van der Waals surface area contributed by atoms with E-state index in [1.807, 2.05) is 43.5 Å². The fourth-order valence-corrected chi connectivity index (χ4v) is 3.53. The third-order valence-corrected chi connectivity index (χ3v) is 5.23. The molecule has 28 heavy (non-hydrogen) atoms. The highest BCUT2D eigenvalue weighted by atomic mass is 35.5. The standard InChI is InChI=1S/C19H19Cl2N5OS/c1-19(2,3)23-16(27)11-28-18-25-24-17(12-5-4-8-22-10-12)26(18)13-6-7-14(20)15(21)9-13/h4-10H,11H2,1-3H3,(H,23,27). The van der Waals surface area contributed by atoms with Crippen molar-refractivity contribution in [3.8, 4) is 17.1 Å². The summed E-state index contributed by atoms with van der Waals surface area (Å²) in [6.45, 7) is 5.82. The van der Waals surface area contributed by atoms with Gasteiger partial charge in [0, 0.05) is 23.5 Å². The molecule has 0 fully saturated rings. The number of benzene rings is 1. The number of rotatable bonds is 5. The predicted molar refractivity (Wildman–Crippen MR) is 113 cm³/mol. The minimum atomic E-state index is -0.296. The monoisotopic (exact) mass is 435 g/mol. The molecular weight excluding hydrogens is 417 g/mol. The van der Waals surface area contributed by atoms with Gasteiger partial charge in [-0.1, -0.05) is 35.0 Å². The summed E-state index contributed by atoms with van der Waals surface area (Å²) in [6.07, 6.45) is 3.40. The highest BCUT2D eigenvalue weighted by Crippen LogP contribution is 2.31. The van der Waals surface area contributed by atoms with Crippen LogP contribution in [0.3, 0.4) is 0 Å². The van der Waals surface area contributed by atoms with Gasteiger partial charge in [-0.05, 0) is 51.1 Å². The van der Waals surface area contributed by atoms with Gasteiger partial charge in [-0.25, -0.2) is 0 Å². The van der Waals surface area contributed by atoms with E-state index >= 15 is 0 Å². The van der Waals surface area contributed by atoms with E-state index in [1.54, 1.807) is 24.5 Å². The molecule has 2 heterocycles. The van der Waals surface area contributed by atoms with Crippen LogP contribution in [0.1, 0.15) is 20.8 Å². The summed E-state index contributed by atoms with van der Waals surface area (Å²) in [5.41, 5.74) is 1.25. The summed E-state index contributed by atoms with van der Waals surface area (Å²) in [7, 11) is 0. The normalized spacial score (nSPS) is 11.5. The van der Waals surface area contributed by atoms with Gasteiger partial charge in [-0.2, -0.15) is 0 Å². The van der Waals surface area contributed by atoms with E-state index in [0.717, 1.165) is 11.3 Å². The van der Waals surface area contributed by atoms with Crippen LogP contribution in [-0.2, 0) is 4.79 Å². The molecule has 1 N–H and O–H groups in total. The molecule has 1 aromatic carbocycles. The SMILES string of the molecule is CC(C)(C)NC(=O)CSc1nnc(-c2cccnc2)n1-c1ccc(Cl)c(Cl)c1. The molecule has 0 unspecified atom stereocenters. The summed E-state index contributed by atoms with van der Waals surface area (Å²) in [5, 5.41) is 13.0. The zero-order chi connectivity index (χ0) is 20.3. The Kier molecular flexibility index (Phi) is 6.27. The molecule has 0 bridgehead atoms. The summed E-state index contributed by atoms with van der Waals surface area (Å²) in [6, 6.07) is 9.01. The van der Waals surface area contributed by atoms with Crippen molar-refractivity contribution in [2.75, 3.05) is 5.75 Å². The van der Waals surface area contributed by atoms with Crippen molar-refractivity contribution in [2.45, 2.75) is 31.5 Å². The van der Waals surface area contributed by atoms with Gasteiger partial charge < -0.3 is 5.32 Å². The van der Waals surface area contributed by atoms with Crippen LogP contribution in [0.4, 0.5) is 0 Å². The van der Waals surface area contributed by atoms with Crippen LogP contribution in [0.15, 0.2) is 47.9 Å². The largest absolute Gasteiger partial charge is 0.351 e. The molecule has 0 saturated carbocycles. The van der Waals surface area contributed by atoms with E-state index in [-0.39, 0.29) is 17.2 Å². The Balaban J connectivity index is 1.97. The molecule has 0 saturated heterocycles. The van der Waals surface area contributed by atoms with E-state index in [2.05, 4.69) is 20.5 Å². The Morgan fingerprint density at radius 1 is 1.18 bits per heavy atom. The van der Waals surface area contributed by atoms with Crippen LogP contribution in [-0.4, -0.2) is 36.9 Å². The number of hydrogen-bond acceptors (Lipinski definition) is 5. The van der Waals surface area contributed by atoms with E-state index in [1.165, 1.54) is 11.8 Å². The summed E-state index contributed by atoms with van der Waals surface area (Å²) in [4.78, 5) is 16.4. The Labute approximate surface area is 177 Å². The second-order valence-electron chi connectivity index (χ2n) is 7.07. The lowest BCUT2D eigenvalue weighted by Gasteiger charge is -2.20. The van der Waals surface area contributed by atoms with Crippen molar-refractivity contribution >= 4 is 40.9 Å². The van der Waals surface area contributed by atoms with Crippen LogP contribution in [0, 0.1) is 0 Å². The lowest BCUT2D eigenvalue weighted by Crippen LogP contribution is -2.41. The number of aromatic nitrogens is 4. The number of carbonyl (C=O) groups is 1. The maximum atomic E-state index is 12.2. The summed E-state index contributed by atoms with van der Waals surface area (Å²) in [5.74, 6) is 0.735. The minimum Gasteiger partial charge on any atom is -0.351 e. The van der Waals surface area contributed by atoms with Crippen LogP contribution in [0.5, 0.6) is 0 Å². The van der Waals surface area contributed by atoms with E-state index < -0.39 is 0 Å². The van der Waals surface area contributed by atoms with Crippen LogP contribution < -0.4 is 5.32 Å². The lowest BCUT2D eigenvalue weighted by atomic mass is 10.1. The number of hydrogen-bond donors (Lipinski definition) is 1. The molecule has 2 aromatic heterocycles. The number of amides is 1.